The maximum atomic E-state index is 12.5. The summed E-state index contributed by atoms with van der Waals surface area (Å²) < 4.78 is 0. The van der Waals surface area contributed by atoms with E-state index in [1.54, 1.807) is 0 Å². The van der Waals surface area contributed by atoms with Gasteiger partial charge in [0.15, 0.2) is 0 Å². The monoisotopic (exact) mass is 249 g/mol. The molecule has 0 saturated carbocycles. The molecule has 3 rings (SSSR count). The summed E-state index contributed by atoms with van der Waals surface area (Å²) in [4.78, 5) is 26.1. The van der Waals surface area contributed by atoms with Gasteiger partial charge in [-0.1, -0.05) is 0 Å². The Morgan fingerprint density at radius 1 is 1.39 bits per heavy atom. The largest absolute Gasteiger partial charge is 0.354 e. The molecule has 5 heteroatoms. The highest BCUT2D eigenvalue weighted by Gasteiger charge is 2.42. The molecule has 2 amide bonds. The van der Waals surface area contributed by atoms with E-state index >= 15 is 0 Å². The number of hydrogen-bond donors (Lipinski definition) is 2. The quantitative estimate of drug-likeness (QED) is 0.624. The standard InChI is InChI=1S/C13H19N3O2/c1-8(9-5-14-6-9)13(18)16-4-2-3-10-11(16)7-15-12(10)17/h10-11,14H,2-7H2,1H3,(H,15,17). The molecule has 0 radical (unpaired) electrons. The van der Waals surface area contributed by atoms with Crippen molar-refractivity contribution in [1.29, 1.82) is 0 Å². The average Bonchev–Trinajstić information content (AvgIpc) is 2.68. The molecule has 0 aromatic carbocycles. The smallest absolute Gasteiger partial charge is 0.249 e. The van der Waals surface area contributed by atoms with Crippen molar-refractivity contribution in [3.8, 4) is 0 Å². The Kier molecular flexibility index (Phi) is 2.86. The zero-order chi connectivity index (χ0) is 12.7. The molecule has 0 aromatic rings. The number of fused-ring (bicyclic) bond motifs is 1. The Morgan fingerprint density at radius 3 is 2.83 bits per heavy atom. The molecular weight excluding hydrogens is 230 g/mol. The Bertz CT molecular complexity index is 424. The van der Waals surface area contributed by atoms with Crippen molar-refractivity contribution in [3.63, 3.8) is 0 Å². The van der Waals surface area contributed by atoms with Crippen LogP contribution in [-0.4, -0.2) is 48.9 Å². The summed E-state index contributed by atoms with van der Waals surface area (Å²) in [6.07, 6.45) is 1.85. The molecule has 0 aromatic heterocycles. The van der Waals surface area contributed by atoms with E-state index in [0.29, 0.717) is 6.54 Å². The van der Waals surface area contributed by atoms with E-state index < -0.39 is 0 Å². The Hall–Kier alpha value is -1.36. The zero-order valence-electron chi connectivity index (χ0n) is 10.7. The predicted octanol–water partition coefficient (Wildman–Crippen LogP) is -0.357. The van der Waals surface area contributed by atoms with Gasteiger partial charge in [0.1, 0.15) is 0 Å². The van der Waals surface area contributed by atoms with Crippen LogP contribution < -0.4 is 10.6 Å². The highest BCUT2D eigenvalue weighted by molar-refractivity contribution is 5.95. The molecule has 3 aliphatic heterocycles. The normalized spacial score (nSPS) is 30.6. The lowest BCUT2D eigenvalue weighted by molar-refractivity contribution is -0.133. The number of hydrogen-bond acceptors (Lipinski definition) is 3. The number of carbonyl (C=O) groups excluding carboxylic acids is 2. The van der Waals surface area contributed by atoms with Gasteiger partial charge in [0, 0.05) is 31.8 Å². The topological polar surface area (TPSA) is 61.4 Å². The van der Waals surface area contributed by atoms with Gasteiger partial charge >= 0.3 is 0 Å². The minimum absolute atomic E-state index is 0.0139. The number of amides is 2. The van der Waals surface area contributed by atoms with Crippen molar-refractivity contribution in [1.82, 2.24) is 15.5 Å². The molecule has 98 valence electrons. The summed E-state index contributed by atoms with van der Waals surface area (Å²) in [5.41, 5.74) is 2.08. The van der Waals surface area contributed by atoms with E-state index in [4.69, 9.17) is 0 Å². The Labute approximate surface area is 107 Å². The fourth-order valence-electron chi connectivity index (χ4n) is 3.09. The van der Waals surface area contributed by atoms with Crippen LogP contribution in [0.1, 0.15) is 19.8 Å². The molecule has 0 spiro atoms. The first-order valence-electron chi connectivity index (χ1n) is 6.66. The predicted molar refractivity (Wildman–Crippen MR) is 66.8 cm³/mol. The molecule has 0 bridgehead atoms. The van der Waals surface area contributed by atoms with Crippen LogP contribution in [0.3, 0.4) is 0 Å². The van der Waals surface area contributed by atoms with E-state index in [1.807, 2.05) is 11.8 Å². The van der Waals surface area contributed by atoms with Crippen molar-refractivity contribution in [3.05, 3.63) is 11.1 Å². The zero-order valence-corrected chi connectivity index (χ0v) is 10.7. The summed E-state index contributed by atoms with van der Waals surface area (Å²) in [7, 11) is 0. The lowest BCUT2D eigenvalue weighted by Crippen LogP contribution is -2.50. The van der Waals surface area contributed by atoms with Crippen LogP contribution in [0.2, 0.25) is 0 Å². The van der Waals surface area contributed by atoms with Gasteiger partial charge in [-0.25, -0.2) is 0 Å². The fourth-order valence-corrected chi connectivity index (χ4v) is 3.09. The summed E-state index contributed by atoms with van der Waals surface area (Å²) in [6, 6.07) is 0.0716. The molecule has 5 nitrogen and oxygen atoms in total. The molecule has 3 aliphatic rings. The minimum Gasteiger partial charge on any atom is -0.354 e. The van der Waals surface area contributed by atoms with Crippen LogP contribution in [-0.2, 0) is 9.59 Å². The molecule has 2 N–H and O–H groups in total. The lowest BCUT2D eigenvalue weighted by Gasteiger charge is -2.37. The minimum atomic E-state index is 0.0139. The van der Waals surface area contributed by atoms with Crippen LogP contribution >= 0.6 is 0 Å². The first-order chi connectivity index (χ1) is 8.68. The summed E-state index contributed by atoms with van der Waals surface area (Å²) in [5.74, 6) is 0.255. The fraction of sp³-hybridized carbons (Fsp3) is 0.692. The van der Waals surface area contributed by atoms with Gasteiger partial charge in [-0.15, -0.1) is 0 Å². The maximum Gasteiger partial charge on any atom is 0.249 e. The van der Waals surface area contributed by atoms with Crippen molar-refractivity contribution in [2.24, 2.45) is 5.92 Å². The number of piperidine rings is 1. The summed E-state index contributed by atoms with van der Waals surface area (Å²) in [6.45, 7) is 4.98. The number of nitrogens with zero attached hydrogens (tertiary/aromatic N) is 1. The first kappa shape index (κ1) is 11.7. The van der Waals surface area contributed by atoms with Crippen molar-refractivity contribution >= 4 is 11.8 Å². The summed E-state index contributed by atoms with van der Waals surface area (Å²) in [5, 5.41) is 6.04. The van der Waals surface area contributed by atoms with Gasteiger partial charge in [0.2, 0.25) is 11.8 Å². The second kappa shape index (κ2) is 4.39. The Morgan fingerprint density at radius 2 is 2.17 bits per heavy atom. The number of likely N-dealkylation sites (tertiary alicyclic amines) is 1. The number of nitrogens with one attached hydrogen (secondary N) is 2. The molecule has 3 heterocycles. The van der Waals surface area contributed by atoms with Gasteiger partial charge in [-0.2, -0.15) is 0 Å². The molecule has 18 heavy (non-hydrogen) atoms. The van der Waals surface area contributed by atoms with E-state index in [2.05, 4.69) is 10.6 Å². The van der Waals surface area contributed by atoms with Crippen LogP contribution in [0.4, 0.5) is 0 Å². The van der Waals surface area contributed by atoms with Crippen LogP contribution in [0.15, 0.2) is 11.1 Å². The van der Waals surface area contributed by atoms with Crippen LogP contribution in [0.25, 0.3) is 0 Å². The van der Waals surface area contributed by atoms with Gasteiger partial charge in [0.25, 0.3) is 0 Å². The third kappa shape index (κ3) is 1.73. The molecule has 0 aliphatic carbocycles. The average molecular weight is 249 g/mol. The van der Waals surface area contributed by atoms with Gasteiger partial charge in [0.05, 0.1) is 12.0 Å². The van der Waals surface area contributed by atoms with Crippen molar-refractivity contribution < 1.29 is 9.59 Å². The lowest BCUT2D eigenvalue weighted by atomic mass is 9.90. The molecular formula is C13H19N3O2. The van der Waals surface area contributed by atoms with E-state index in [-0.39, 0.29) is 23.8 Å². The molecule has 2 atom stereocenters. The Balaban J connectivity index is 1.79. The first-order valence-corrected chi connectivity index (χ1v) is 6.66. The van der Waals surface area contributed by atoms with Crippen molar-refractivity contribution in [2.75, 3.05) is 26.2 Å². The highest BCUT2D eigenvalue weighted by atomic mass is 16.2. The van der Waals surface area contributed by atoms with E-state index in [0.717, 1.165) is 38.0 Å². The molecule has 2 unspecified atom stereocenters. The molecule has 3 saturated heterocycles. The van der Waals surface area contributed by atoms with Crippen molar-refractivity contribution in [2.45, 2.75) is 25.8 Å². The van der Waals surface area contributed by atoms with Gasteiger partial charge in [-0.05, 0) is 25.3 Å². The number of carbonyl (C=O) groups is 2. The molecule has 3 fully saturated rings. The number of rotatable bonds is 1. The second-order valence-electron chi connectivity index (χ2n) is 5.39. The van der Waals surface area contributed by atoms with E-state index in [9.17, 15) is 9.59 Å². The summed E-state index contributed by atoms with van der Waals surface area (Å²) >= 11 is 0. The SMILES string of the molecule is CC(C(=O)N1CCCC2C(=O)NCC21)=C1CNC1. The highest BCUT2D eigenvalue weighted by Crippen LogP contribution is 2.29. The van der Waals surface area contributed by atoms with E-state index in [1.165, 1.54) is 5.57 Å². The van der Waals surface area contributed by atoms with Crippen LogP contribution in [0.5, 0.6) is 0 Å². The third-order valence-electron chi connectivity index (χ3n) is 4.39. The van der Waals surface area contributed by atoms with Gasteiger partial charge < -0.3 is 15.5 Å². The third-order valence-corrected chi connectivity index (χ3v) is 4.39. The maximum absolute atomic E-state index is 12.5. The second-order valence-corrected chi connectivity index (χ2v) is 5.39. The van der Waals surface area contributed by atoms with Gasteiger partial charge in [-0.3, -0.25) is 9.59 Å². The van der Waals surface area contributed by atoms with Crippen LogP contribution in [0, 0.1) is 5.92 Å².